The van der Waals surface area contributed by atoms with Crippen molar-refractivity contribution in [3.63, 3.8) is 0 Å². The van der Waals surface area contributed by atoms with E-state index in [0.717, 1.165) is 6.42 Å². The van der Waals surface area contributed by atoms with Crippen LogP contribution in [0.15, 0.2) is 24.3 Å². The predicted octanol–water partition coefficient (Wildman–Crippen LogP) is 2.60. The summed E-state index contributed by atoms with van der Waals surface area (Å²) >= 11 is 0. The van der Waals surface area contributed by atoms with Gasteiger partial charge in [-0.1, -0.05) is 13.8 Å². The summed E-state index contributed by atoms with van der Waals surface area (Å²) in [6.45, 7) is 7.14. The molecule has 2 atom stereocenters. The first-order chi connectivity index (χ1) is 9.79. The average molecular weight is 331 g/mol. The van der Waals surface area contributed by atoms with Crippen LogP contribution in [0.4, 0.5) is 4.39 Å². The molecule has 2 rings (SSSR count). The van der Waals surface area contributed by atoms with Crippen LogP contribution in [0.2, 0.25) is 0 Å². The van der Waals surface area contributed by atoms with Gasteiger partial charge in [0, 0.05) is 19.1 Å². The number of nitrogens with zero attached hydrogens (tertiary/aromatic N) is 1. The first-order valence-electron chi connectivity index (χ1n) is 7.26. The van der Waals surface area contributed by atoms with Crippen LogP contribution in [0.3, 0.4) is 0 Å². The van der Waals surface area contributed by atoms with E-state index in [1.54, 1.807) is 11.8 Å². The van der Waals surface area contributed by atoms with Gasteiger partial charge < -0.3 is 15.4 Å². The van der Waals surface area contributed by atoms with Gasteiger partial charge in [0.25, 0.3) is 5.91 Å². The molecule has 1 aromatic carbocycles. The van der Waals surface area contributed by atoms with Crippen molar-refractivity contribution in [3.05, 3.63) is 30.1 Å². The van der Waals surface area contributed by atoms with Gasteiger partial charge in [-0.3, -0.25) is 4.79 Å². The van der Waals surface area contributed by atoms with Crippen molar-refractivity contribution in [3.8, 4) is 5.75 Å². The van der Waals surface area contributed by atoms with E-state index in [1.165, 1.54) is 24.3 Å². The Kier molecular flexibility index (Phi) is 6.20. The van der Waals surface area contributed by atoms with E-state index in [9.17, 15) is 9.18 Å². The molecule has 1 aliphatic rings. The second kappa shape index (κ2) is 7.29. The van der Waals surface area contributed by atoms with Crippen molar-refractivity contribution >= 4 is 18.3 Å². The Hall–Kier alpha value is -1.33. The van der Waals surface area contributed by atoms with Crippen molar-refractivity contribution in [2.45, 2.75) is 39.3 Å². The monoisotopic (exact) mass is 330 g/mol. The van der Waals surface area contributed by atoms with E-state index in [4.69, 9.17) is 10.5 Å². The summed E-state index contributed by atoms with van der Waals surface area (Å²) in [5.74, 6) is 0.109. The van der Waals surface area contributed by atoms with Gasteiger partial charge in [-0.2, -0.15) is 0 Å². The van der Waals surface area contributed by atoms with Crippen molar-refractivity contribution in [2.24, 2.45) is 11.1 Å². The lowest BCUT2D eigenvalue weighted by atomic mass is 9.79. The minimum atomic E-state index is -0.597. The van der Waals surface area contributed by atoms with E-state index in [2.05, 4.69) is 13.8 Å². The molecule has 1 fully saturated rings. The summed E-state index contributed by atoms with van der Waals surface area (Å²) in [6, 6.07) is 5.78. The maximum absolute atomic E-state index is 12.9. The average Bonchev–Trinajstić information content (AvgIpc) is 2.43. The number of ether oxygens (including phenoxy) is 1. The van der Waals surface area contributed by atoms with E-state index in [0.29, 0.717) is 18.8 Å². The van der Waals surface area contributed by atoms with Crippen molar-refractivity contribution < 1.29 is 13.9 Å². The standard InChI is InChI=1S/C16H23FN2O2.ClH/c1-11(21-13-6-4-12(17)5-7-13)15(20)19-9-8-14(18)16(2,3)10-19;/h4-7,11,14H,8-10,18H2,1-3H3;1H. The smallest absolute Gasteiger partial charge is 0.263 e. The van der Waals surface area contributed by atoms with E-state index >= 15 is 0 Å². The number of piperidine rings is 1. The molecule has 0 saturated carbocycles. The Balaban J connectivity index is 0.00000242. The molecule has 124 valence electrons. The Bertz CT molecular complexity index is 507. The molecule has 0 aromatic heterocycles. The van der Waals surface area contributed by atoms with E-state index in [-0.39, 0.29) is 35.6 Å². The highest BCUT2D eigenvalue weighted by molar-refractivity contribution is 5.85. The van der Waals surface area contributed by atoms with Gasteiger partial charge in [0.2, 0.25) is 0 Å². The fraction of sp³-hybridized carbons (Fsp3) is 0.562. The number of hydrogen-bond acceptors (Lipinski definition) is 3. The zero-order valence-electron chi connectivity index (χ0n) is 13.2. The number of halogens is 2. The molecule has 0 aliphatic carbocycles. The Morgan fingerprint density at radius 3 is 2.55 bits per heavy atom. The van der Waals surface area contributed by atoms with Gasteiger partial charge in [-0.15, -0.1) is 12.4 Å². The van der Waals surface area contributed by atoms with Crippen LogP contribution in [0.25, 0.3) is 0 Å². The molecule has 1 saturated heterocycles. The molecule has 0 bridgehead atoms. The lowest BCUT2D eigenvalue weighted by molar-refractivity contribution is -0.141. The summed E-state index contributed by atoms with van der Waals surface area (Å²) in [5, 5.41) is 0. The van der Waals surface area contributed by atoms with Crippen LogP contribution < -0.4 is 10.5 Å². The fourth-order valence-electron chi connectivity index (χ4n) is 2.59. The number of nitrogens with two attached hydrogens (primary N) is 1. The Labute approximate surface area is 137 Å². The molecule has 6 heteroatoms. The highest BCUT2D eigenvalue weighted by Gasteiger charge is 2.36. The number of hydrogen-bond donors (Lipinski definition) is 1. The van der Waals surface area contributed by atoms with E-state index in [1.807, 2.05) is 0 Å². The molecule has 0 radical (unpaired) electrons. The molecule has 22 heavy (non-hydrogen) atoms. The van der Waals surface area contributed by atoms with E-state index < -0.39 is 6.10 Å². The highest BCUT2D eigenvalue weighted by Crippen LogP contribution is 2.28. The van der Waals surface area contributed by atoms with Crippen LogP contribution in [-0.4, -0.2) is 36.0 Å². The molecular formula is C16H24ClFN2O2. The number of carbonyl (C=O) groups is 1. The Morgan fingerprint density at radius 2 is 2.00 bits per heavy atom. The topological polar surface area (TPSA) is 55.6 Å². The third-order valence-corrected chi connectivity index (χ3v) is 4.10. The molecule has 1 amide bonds. The lowest BCUT2D eigenvalue weighted by Crippen LogP contribution is -2.56. The lowest BCUT2D eigenvalue weighted by Gasteiger charge is -2.43. The third kappa shape index (κ3) is 4.34. The Morgan fingerprint density at radius 1 is 1.41 bits per heavy atom. The second-order valence-electron chi connectivity index (χ2n) is 6.36. The molecule has 4 nitrogen and oxygen atoms in total. The summed E-state index contributed by atoms with van der Waals surface area (Å²) in [7, 11) is 0. The molecule has 2 N–H and O–H groups in total. The number of amides is 1. The molecular weight excluding hydrogens is 307 g/mol. The maximum atomic E-state index is 12.9. The molecule has 2 unspecified atom stereocenters. The van der Waals surface area contributed by atoms with Crippen LogP contribution in [0.5, 0.6) is 5.75 Å². The normalized spacial score (nSPS) is 21.7. The molecule has 0 spiro atoms. The number of rotatable bonds is 3. The number of carbonyl (C=O) groups excluding carboxylic acids is 1. The van der Waals surface area contributed by atoms with Gasteiger partial charge in [0.15, 0.2) is 6.10 Å². The van der Waals surface area contributed by atoms with Crippen molar-refractivity contribution in [2.75, 3.05) is 13.1 Å². The quantitative estimate of drug-likeness (QED) is 0.926. The maximum Gasteiger partial charge on any atom is 0.263 e. The van der Waals surface area contributed by atoms with Crippen LogP contribution >= 0.6 is 12.4 Å². The van der Waals surface area contributed by atoms with Gasteiger partial charge in [-0.05, 0) is 43.0 Å². The van der Waals surface area contributed by atoms with Crippen molar-refractivity contribution in [1.29, 1.82) is 0 Å². The summed E-state index contributed by atoms with van der Waals surface area (Å²) in [5.41, 5.74) is 5.99. The van der Waals surface area contributed by atoms with Crippen LogP contribution in [-0.2, 0) is 4.79 Å². The third-order valence-electron chi connectivity index (χ3n) is 4.10. The van der Waals surface area contributed by atoms with Crippen LogP contribution in [0, 0.1) is 11.2 Å². The summed E-state index contributed by atoms with van der Waals surface area (Å²) in [4.78, 5) is 14.3. The summed E-state index contributed by atoms with van der Waals surface area (Å²) in [6.07, 6.45) is 0.197. The van der Waals surface area contributed by atoms with Crippen LogP contribution in [0.1, 0.15) is 27.2 Å². The van der Waals surface area contributed by atoms with Gasteiger partial charge in [0.05, 0.1) is 0 Å². The van der Waals surface area contributed by atoms with Gasteiger partial charge in [0.1, 0.15) is 11.6 Å². The van der Waals surface area contributed by atoms with Gasteiger partial charge >= 0.3 is 0 Å². The number of benzene rings is 1. The first kappa shape index (κ1) is 18.7. The SMILES string of the molecule is CC(Oc1ccc(F)cc1)C(=O)N1CCC(N)C(C)(C)C1.Cl. The predicted molar refractivity (Wildman–Crippen MR) is 86.7 cm³/mol. The molecule has 1 aromatic rings. The first-order valence-corrected chi connectivity index (χ1v) is 7.26. The summed E-state index contributed by atoms with van der Waals surface area (Å²) < 4.78 is 18.4. The highest BCUT2D eigenvalue weighted by atomic mass is 35.5. The number of likely N-dealkylation sites (tertiary alicyclic amines) is 1. The molecule has 1 aliphatic heterocycles. The fourth-order valence-corrected chi connectivity index (χ4v) is 2.59. The van der Waals surface area contributed by atoms with Crippen molar-refractivity contribution in [1.82, 2.24) is 4.90 Å². The minimum absolute atomic E-state index is 0. The largest absolute Gasteiger partial charge is 0.481 e. The minimum Gasteiger partial charge on any atom is -0.481 e. The molecule has 1 heterocycles. The second-order valence-corrected chi connectivity index (χ2v) is 6.36. The zero-order valence-corrected chi connectivity index (χ0v) is 14.0. The van der Waals surface area contributed by atoms with Gasteiger partial charge in [-0.25, -0.2) is 4.39 Å². The zero-order chi connectivity index (χ0) is 15.6.